The molecule has 2 rings (SSSR count). The molecule has 11 heavy (non-hydrogen) atoms. The molecule has 0 spiro atoms. The Labute approximate surface area is 73.8 Å². The van der Waals surface area contributed by atoms with Gasteiger partial charge in [-0.3, -0.25) is 4.90 Å². The first-order valence-corrected chi connectivity index (χ1v) is 4.68. The van der Waals surface area contributed by atoms with Crippen LogP contribution in [0.2, 0.25) is 0 Å². The number of rotatable bonds is 0. The van der Waals surface area contributed by atoms with E-state index in [2.05, 4.69) is 25.8 Å². The molecule has 2 unspecified atom stereocenters. The van der Waals surface area contributed by atoms with Crippen LogP contribution in [0.3, 0.4) is 0 Å². The van der Waals surface area contributed by atoms with Gasteiger partial charge in [0, 0.05) is 16.9 Å². The van der Waals surface area contributed by atoms with Crippen LogP contribution in [0.1, 0.15) is 26.7 Å². The Hall–Kier alpha value is 0.0500. The van der Waals surface area contributed by atoms with Crippen LogP contribution in [-0.4, -0.2) is 28.9 Å². The predicted octanol–water partition coefficient (Wildman–Crippen LogP) is 1.86. The molecule has 1 nitrogen and oxygen atoms in total. The highest BCUT2D eigenvalue weighted by atomic mass is 32.1. The van der Waals surface area contributed by atoms with E-state index in [-0.39, 0.29) is 0 Å². The maximum absolute atomic E-state index is 5.35. The Morgan fingerprint density at radius 3 is 2.45 bits per heavy atom. The molecule has 0 aromatic heterocycles. The van der Waals surface area contributed by atoms with Gasteiger partial charge in [-0.2, -0.15) is 0 Å². The number of hydrogen-bond acceptors (Lipinski definition) is 2. The number of fused-ring (bicyclic) bond motifs is 2. The summed E-state index contributed by atoms with van der Waals surface area (Å²) >= 11 is 5.35. The van der Waals surface area contributed by atoms with Crippen molar-refractivity contribution in [2.75, 3.05) is 7.05 Å². The van der Waals surface area contributed by atoms with Crippen LogP contribution in [0.4, 0.5) is 0 Å². The first-order valence-electron chi connectivity index (χ1n) is 4.27. The molecule has 2 fully saturated rings. The highest BCUT2D eigenvalue weighted by molar-refractivity contribution is 7.80. The smallest absolute Gasteiger partial charge is 0.0463 e. The fourth-order valence-electron chi connectivity index (χ4n) is 2.85. The van der Waals surface area contributed by atoms with Gasteiger partial charge >= 0.3 is 0 Å². The normalized spacial score (nSPS) is 41.9. The Balaban J connectivity index is 2.34. The van der Waals surface area contributed by atoms with Crippen molar-refractivity contribution >= 4 is 17.1 Å². The van der Waals surface area contributed by atoms with Crippen LogP contribution >= 0.6 is 12.2 Å². The molecule has 62 valence electrons. The van der Waals surface area contributed by atoms with E-state index in [1.165, 1.54) is 17.7 Å². The lowest BCUT2D eigenvalue weighted by molar-refractivity contribution is 0.281. The number of thiocarbonyl (C=S) groups is 1. The van der Waals surface area contributed by atoms with E-state index < -0.39 is 0 Å². The summed E-state index contributed by atoms with van der Waals surface area (Å²) < 4.78 is 0. The molecule has 2 atom stereocenters. The van der Waals surface area contributed by atoms with Gasteiger partial charge in [-0.1, -0.05) is 26.1 Å². The molecule has 2 aliphatic heterocycles. The van der Waals surface area contributed by atoms with Crippen LogP contribution in [0.15, 0.2) is 0 Å². The average molecular weight is 169 g/mol. The summed E-state index contributed by atoms with van der Waals surface area (Å²) in [5.74, 6) is 0. The van der Waals surface area contributed by atoms with Crippen molar-refractivity contribution in [3.63, 3.8) is 0 Å². The summed E-state index contributed by atoms with van der Waals surface area (Å²) in [6.45, 7) is 4.67. The van der Waals surface area contributed by atoms with E-state index in [4.69, 9.17) is 12.2 Å². The third-order valence-corrected chi connectivity index (χ3v) is 3.62. The maximum atomic E-state index is 5.35. The van der Waals surface area contributed by atoms with Gasteiger partial charge in [0.05, 0.1) is 0 Å². The average Bonchev–Trinajstić information content (AvgIpc) is 2.16. The third kappa shape index (κ3) is 0.890. The predicted molar refractivity (Wildman–Crippen MR) is 51.0 cm³/mol. The fraction of sp³-hybridized carbons (Fsp3) is 0.889. The summed E-state index contributed by atoms with van der Waals surface area (Å²) in [6, 6.07) is 1.34. The van der Waals surface area contributed by atoms with Crippen molar-refractivity contribution in [2.45, 2.75) is 38.8 Å². The highest BCUT2D eigenvalue weighted by Crippen LogP contribution is 2.46. The molecular weight excluding hydrogens is 154 g/mol. The van der Waals surface area contributed by atoms with Gasteiger partial charge in [0.15, 0.2) is 0 Å². The standard InChI is InChI=1S/C9H15NS/c1-9(2)5-6-4-7(11)8(9)10(6)3/h6,8H,4-5H2,1-3H3. The van der Waals surface area contributed by atoms with E-state index in [1.807, 2.05) is 0 Å². The molecule has 0 N–H and O–H groups in total. The number of nitrogens with zero attached hydrogens (tertiary/aromatic N) is 1. The second-order valence-corrected chi connectivity index (χ2v) is 5.11. The monoisotopic (exact) mass is 169 g/mol. The van der Waals surface area contributed by atoms with Gasteiger partial charge in [0.2, 0.25) is 0 Å². The summed E-state index contributed by atoms with van der Waals surface area (Å²) in [5, 5.41) is 0. The summed E-state index contributed by atoms with van der Waals surface area (Å²) in [7, 11) is 2.21. The molecule has 2 heterocycles. The van der Waals surface area contributed by atoms with E-state index >= 15 is 0 Å². The van der Waals surface area contributed by atoms with Gasteiger partial charge in [-0.25, -0.2) is 0 Å². The van der Waals surface area contributed by atoms with E-state index in [0.717, 1.165) is 6.04 Å². The zero-order chi connectivity index (χ0) is 8.22. The van der Waals surface area contributed by atoms with Crippen molar-refractivity contribution in [3.05, 3.63) is 0 Å². The molecule has 0 saturated carbocycles. The highest BCUT2D eigenvalue weighted by Gasteiger charge is 2.51. The van der Waals surface area contributed by atoms with Crippen LogP contribution < -0.4 is 0 Å². The van der Waals surface area contributed by atoms with E-state index in [9.17, 15) is 0 Å². The zero-order valence-corrected chi connectivity index (χ0v) is 8.24. The van der Waals surface area contributed by atoms with E-state index in [0.29, 0.717) is 11.5 Å². The molecule has 2 heteroatoms. The summed E-state index contributed by atoms with van der Waals surface area (Å²) in [4.78, 5) is 3.75. The molecule has 0 amide bonds. The quantitative estimate of drug-likeness (QED) is 0.509. The molecular formula is C9H15NS. The van der Waals surface area contributed by atoms with Crippen LogP contribution in [0.25, 0.3) is 0 Å². The van der Waals surface area contributed by atoms with Gasteiger partial charge in [0.1, 0.15) is 0 Å². The van der Waals surface area contributed by atoms with Gasteiger partial charge in [-0.15, -0.1) is 0 Å². The minimum atomic E-state index is 0.439. The summed E-state index contributed by atoms with van der Waals surface area (Å²) in [6.07, 6.45) is 2.49. The van der Waals surface area contributed by atoms with Crippen molar-refractivity contribution < 1.29 is 0 Å². The van der Waals surface area contributed by atoms with Gasteiger partial charge in [-0.05, 0) is 25.3 Å². The minimum Gasteiger partial charge on any atom is -0.295 e. The molecule has 0 radical (unpaired) electrons. The molecule has 0 aromatic carbocycles. The molecule has 2 bridgehead atoms. The SMILES string of the molecule is CN1C2CC(=S)C1C(C)(C)C2. The molecule has 2 aliphatic rings. The lowest BCUT2D eigenvalue weighted by atomic mass is 9.77. The summed E-state index contributed by atoms with van der Waals surface area (Å²) in [5.41, 5.74) is 0.439. The largest absolute Gasteiger partial charge is 0.295 e. The Morgan fingerprint density at radius 1 is 1.55 bits per heavy atom. The molecule has 0 aliphatic carbocycles. The number of hydrogen-bond donors (Lipinski definition) is 0. The van der Waals surface area contributed by atoms with E-state index in [1.54, 1.807) is 0 Å². The first kappa shape index (κ1) is 7.69. The van der Waals surface area contributed by atoms with Crippen LogP contribution in [0, 0.1) is 5.41 Å². The Kier molecular flexibility index (Phi) is 1.43. The lowest BCUT2D eigenvalue weighted by Gasteiger charge is -2.29. The first-order chi connectivity index (χ1) is 5.02. The molecule has 0 aromatic rings. The minimum absolute atomic E-state index is 0.439. The topological polar surface area (TPSA) is 3.24 Å². The van der Waals surface area contributed by atoms with Crippen molar-refractivity contribution in [1.82, 2.24) is 4.90 Å². The Bertz CT molecular complexity index is 210. The second kappa shape index (κ2) is 2.05. The third-order valence-electron chi connectivity index (χ3n) is 3.23. The van der Waals surface area contributed by atoms with Crippen LogP contribution in [0.5, 0.6) is 0 Å². The fourth-order valence-corrected chi connectivity index (χ4v) is 3.53. The maximum Gasteiger partial charge on any atom is 0.0463 e. The van der Waals surface area contributed by atoms with Crippen molar-refractivity contribution in [2.24, 2.45) is 5.41 Å². The van der Waals surface area contributed by atoms with Crippen molar-refractivity contribution in [3.8, 4) is 0 Å². The van der Waals surface area contributed by atoms with Gasteiger partial charge in [0.25, 0.3) is 0 Å². The lowest BCUT2D eigenvalue weighted by Crippen LogP contribution is -2.36. The zero-order valence-electron chi connectivity index (χ0n) is 7.42. The van der Waals surface area contributed by atoms with Crippen molar-refractivity contribution in [1.29, 1.82) is 0 Å². The second-order valence-electron chi connectivity index (χ2n) is 4.58. The Morgan fingerprint density at radius 2 is 2.18 bits per heavy atom. The molecule has 2 saturated heterocycles. The van der Waals surface area contributed by atoms with Crippen LogP contribution in [-0.2, 0) is 0 Å². The van der Waals surface area contributed by atoms with Gasteiger partial charge < -0.3 is 0 Å².